The largest absolute Gasteiger partial charge is 0.458 e. The lowest BCUT2D eigenvalue weighted by Crippen LogP contribution is -2.41. The lowest BCUT2D eigenvalue weighted by atomic mass is 9.88. The lowest BCUT2D eigenvalue weighted by Gasteiger charge is -2.27. The maximum Gasteiger partial charge on any atom is 0.347 e. The molecule has 6 heterocycles. The second-order valence-corrected chi connectivity index (χ2v) is 28.5. The van der Waals surface area contributed by atoms with Crippen molar-refractivity contribution in [3.63, 3.8) is 0 Å². The summed E-state index contributed by atoms with van der Waals surface area (Å²) in [5.41, 5.74) is -2.08. The van der Waals surface area contributed by atoms with Crippen LogP contribution in [-0.2, 0) is 114 Å². The molecule has 21 atom stereocenters. The Bertz CT molecular complexity index is 2640. The van der Waals surface area contributed by atoms with Gasteiger partial charge in [0.2, 0.25) is 0 Å². The van der Waals surface area contributed by atoms with Gasteiger partial charge in [-0.3, -0.25) is 38.4 Å². The van der Waals surface area contributed by atoms with Gasteiger partial charge in [0.25, 0.3) is 0 Å². The van der Waals surface area contributed by atoms with E-state index in [4.69, 9.17) is 61.6 Å². The summed E-state index contributed by atoms with van der Waals surface area (Å²) in [4.78, 5) is 130. The summed E-state index contributed by atoms with van der Waals surface area (Å²) < 4.78 is 69.6. The van der Waals surface area contributed by atoms with E-state index in [1.165, 1.54) is 6.92 Å². The second-order valence-electron chi connectivity index (χ2n) is 28.5. The van der Waals surface area contributed by atoms with Gasteiger partial charge >= 0.3 is 65.7 Å². The van der Waals surface area contributed by atoms with Gasteiger partial charge in [-0.15, -0.1) is 0 Å². The number of hydrogen-bond acceptors (Lipinski definition) is 24. The smallest absolute Gasteiger partial charge is 0.347 e. The van der Waals surface area contributed by atoms with Crippen LogP contribution in [0.15, 0.2) is 0 Å². The Morgan fingerprint density at radius 3 is 1.27 bits per heavy atom. The number of esters is 11. The Balaban J connectivity index is 0.000000140. The number of carbonyl (C=O) groups is 11. The van der Waals surface area contributed by atoms with E-state index in [0.29, 0.717) is 38.2 Å². The van der Waals surface area contributed by atoms with Gasteiger partial charge in [0.1, 0.15) is 42.7 Å². The van der Waals surface area contributed by atoms with Crippen LogP contribution in [0.2, 0.25) is 0 Å². The van der Waals surface area contributed by atoms with E-state index in [9.17, 15) is 52.7 Å². The van der Waals surface area contributed by atoms with Crippen LogP contribution in [-0.4, -0.2) is 158 Å². The molecule has 0 N–H and O–H groups in total. The molecule has 12 aliphatic rings. The highest BCUT2D eigenvalue weighted by Crippen LogP contribution is 2.58. The van der Waals surface area contributed by atoms with E-state index in [1.807, 2.05) is 34.6 Å². The molecular weight excluding hydrogens is 1150 g/mol. The Labute approximate surface area is 513 Å². The van der Waals surface area contributed by atoms with Crippen molar-refractivity contribution in [3.8, 4) is 0 Å². The molecule has 88 heavy (non-hydrogen) atoms. The minimum absolute atomic E-state index is 0.00636. The van der Waals surface area contributed by atoms with Crippen LogP contribution in [0.3, 0.4) is 0 Å². The predicted molar refractivity (Wildman–Crippen MR) is 300 cm³/mol. The monoisotopic (exact) mass is 1240 g/mol. The minimum atomic E-state index is -0.958. The van der Waals surface area contributed by atoms with Crippen molar-refractivity contribution >= 4 is 65.7 Å². The van der Waals surface area contributed by atoms with Gasteiger partial charge in [-0.2, -0.15) is 0 Å². The molecule has 490 valence electrons. The van der Waals surface area contributed by atoms with Crippen LogP contribution in [0.1, 0.15) is 167 Å². The SMILES string of the molecule is CCC(C)(C)C(=O)OC(C)C(=O)OC1C2CC3C(=O)OC1C3C2.CCC(C)(C)C(=O)OCC(=O)OC1C2CC3C(=O)OC1C3C2.CCC(C)(C)C(=O)OCC(=O)OC1C2CC3C(=O)OC1C3O2.CCC(C)(C)OCCC(=O)OC1C2CC3C(=O)OC1C3C2. The fourth-order valence-corrected chi connectivity index (χ4v) is 14.3. The highest BCUT2D eigenvalue weighted by molar-refractivity contribution is 5.84. The van der Waals surface area contributed by atoms with E-state index in [1.54, 1.807) is 41.5 Å². The fraction of sp³-hybridized carbons (Fsp3) is 0.828. The summed E-state index contributed by atoms with van der Waals surface area (Å²) in [6, 6.07) is 0. The normalized spacial score (nSPS) is 35.9. The van der Waals surface area contributed by atoms with E-state index < -0.39 is 83.1 Å². The molecule has 6 saturated heterocycles. The van der Waals surface area contributed by atoms with Gasteiger partial charge in [0.05, 0.1) is 64.6 Å². The Morgan fingerprint density at radius 2 is 0.841 bits per heavy atom. The standard InChI is InChI=1S/C17H24O6.C16H22O6.C16H24O5.C15H20O7/c1-5-17(3,4)16(20)21-8(2)14(18)22-12-9-6-10-11(7-9)15(19)23-13(10)12;1-4-16(2,3)15(19)20-7-11(17)21-12-8-5-9-10(6-8)14(18)22-13(9)12;1-4-16(2,3)19-6-5-12(17)20-13-9-7-10-11(8-9)15(18)21-14(10)13;1-4-15(2,3)14(18)19-6-9(16)21-11-8-5-7-10(20-8)12(11)22-13(7)17/h8-13H,5-7H2,1-4H3;8-10,12-13H,4-7H2,1-3H3;9-11,13-14H,4-8H2,1-3H3;7-8,10-12H,4-6H2,1-3H3. The molecule has 12 fully saturated rings. The summed E-state index contributed by atoms with van der Waals surface area (Å²) >= 11 is 0. The van der Waals surface area contributed by atoms with Crippen molar-refractivity contribution in [2.75, 3.05) is 19.8 Å². The van der Waals surface area contributed by atoms with Crippen LogP contribution in [0.25, 0.3) is 0 Å². The predicted octanol–water partition coefficient (Wildman–Crippen LogP) is 5.97. The molecule has 0 amide bonds. The quantitative estimate of drug-likeness (QED) is 0.0943. The van der Waals surface area contributed by atoms with Gasteiger partial charge in [0, 0.05) is 35.5 Å². The summed E-state index contributed by atoms with van der Waals surface area (Å²) in [6.07, 6.45) is 4.01. The molecule has 0 radical (unpaired) electrons. The molecular formula is C64H90O24. The van der Waals surface area contributed by atoms with Crippen LogP contribution in [0.5, 0.6) is 0 Å². The fourth-order valence-electron chi connectivity index (χ4n) is 14.3. The Morgan fingerprint density at radius 1 is 0.455 bits per heavy atom. The summed E-state index contributed by atoms with van der Waals surface area (Å²) in [7, 11) is 0. The zero-order valence-corrected chi connectivity index (χ0v) is 53.0. The number of ether oxygens (including phenoxy) is 13. The van der Waals surface area contributed by atoms with Crippen molar-refractivity contribution < 1.29 is 114 Å². The zero-order chi connectivity index (χ0) is 64.3. The van der Waals surface area contributed by atoms with Gasteiger partial charge in [-0.25, -0.2) is 14.4 Å². The third kappa shape index (κ3) is 13.4. The van der Waals surface area contributed by atoms with Crippen LogP contribution in [0, 0.1) is 75.4 Å². The lowest BCUT2D eigenvalue weighted by molar-refractivity contribution is -0.180. The first-order valence-corrected chi connectivity index (χ1v) is 31.8. The molecule has 8 bridgehead atoms. The first kappa shape index (κ1) is 66.5. The topological polar surface area (TPSA) is 308 Å². The van der Waals surface area contributed by atoms with Gasteiger partial charge in [0.15, 0.2) is 31.5 Å². The van der Waals surface area contributed by atoms with Gasteiger partial charge < -0.3 is 61.6 Å². The van der Waals surface area contributed by atoms with Crippen molar-refractivity contribution in [3.05, 3.63) is 0 Å². The van der Waals surface area contributed by atoms with E-state index in [-0.39, 0.29) is 144 Å². The Kier molecular flexibility index (Phi) is 19.5. The molecule has 6 saturated carbocycles. The van der Waals surface area contributed by atoms with Crippen molar-refractivity contribution in [1.82, 2.24) is 0 Å². The first-order chi connectivity index (χ1) is 41.3. The molecule has 6 aliphatic carbocycles. The van der Waals surface area contributed by atoms with Crippen LogP contribution < -0.4 is 0 Å². The maximum atomic E-state index is 12.2. The summed E-state index contributed by atoms with van der Waals surface area (Å²) in [6.45, 7) is 23.4. The van der Waals surface area contributed by atoms with E-state index in [0.717, 1.165) is 44.9 Å². The third-order valence-electron chi connectivity index (χ3n) is 21.3. The summed E-state index contributed by atoms with van der Waals surface area (Å²) in [5, 5.41) is 0. The number of fused-ring (bicyclic) bond motifs is 4. The number of rotatable bonds is 21. The van der Waals surface area contributed by atoms with E-state index in [2.05, 4.69) is 6.92 Å². The van der Waals surface area contributed by atoms with Crippen LogP contribution in [0.4, 0.5) is 0 Å². The zero-order valence-electron chi connectivity index (χ0n) is 53.0. The maximum absolute atomic E-state index is 12.2. The molecule has 21 unspecified atom stereocenters. The van der Waals surface area contributed by atoms with Crippen molar-refractivity contribution in [2.45, 2.75) is 240 Å². The number of hydrogen-bond donors (Lipinski definition) is 0. The molecule has 24 nitrogen and oxygen atoms in total. The average molecular weight is 1240 g/mol. The minimum Gasteiger partial charge on any atom is -0.458 e. The molecule has 12 rings (SSSR count). The molecule has 0 aromatic carbocycles. The van der Waals surface area contributed by atoms with Crippen molar-refractivity contribution in [2.24, 2.45) is 75.4 Å². The second kappa shape index (κ2) is 25.8. The summed E-state index contributed by atoms with van der Waals surface area (Å²) in [5.74, 6) is -2.88. The molecule has 0 aromatic heterocycles. The first-order valence-electron chi connectivity index (χ1n) is 31.8. The highest BCUT2D eigenvalue weighted by Gasteiger charge is 2.67. The van der Waals surface area contributed by atoms with Crippen molar-refractivity contribution in [1.29, 1.82) is 0 Å². The molecule has 24 heteroatoms. The molecule has 0 spiro atoms. The van der Waals surface area contributed by atoms with Gasteiger partial charge in [-0.1, -0.05) is 27.7 Å². The van der Waals surface area contributed by atoms with Gasteiger partial charge in [-0.05, 0) is 133 Å². The highest BCUT2D eigenvalue weighted by atomic mass is 16.7. The Hall–Kier alpha value is -5.91. The average Bonchev–Trinajstić information content (AvgIpc) is 2.04. The third-order valence-corrected chi connectivity index (χ3v) is 21.3. The molecule has 6 aliphatic heterocycles. The molecule has 0 aromatic rings. The van der Waals surface area contributed by atoms with E-state index >= 15 is 0 Å². The van der Waals surface area contributed by atoms with Crippen LogP contribution >= 0.6 is 0 Å². The number of carbonyl (C=O) groups excluding carboxylic acids is 11.